The van der Waals surface area contributed by atoms with Gasteiger partial charge in [-0.05, 0) is 0 Å². The van der Waals surface area contributed by atoms with Crippen molar-refractivity contribution in [2.45, 2.75) is 0 Å². The van der Waals surface area contributed by atoms with Gasteiger partial charge in [0, 0.05) is 0 Å². The van der Waals surface area contributed by atoms with Gasteiger partial charge in [-0.1, -0.05) is 0 Å². The molecule has 282 valence electrons. The first-order chi connectivity index (χ1) is 27.6. The molecule has 1 aliphatic heterocycles. The van der Waals surface area contributed by atoms with Crippen molar-refractivity contribution in [1.29, 1.82) is 0 Å². The predicted octanol–water partition coefficient (Wildman–Crippen LogP) is 6.65. The topological polar surface area (TPSA) is 112 Å². The molecule has 0 bridgehead atoms. The minimum absolute atomic E-state index is 0.177. The molecule has 6 aromatic carbocycles. The van der Waals surface area contributed by atoms with Gasteiger partial charge in [-0.25, -0.2) is 0 Å². The molecule has 0 unspecified atom stereocenters. The zero-order valence-corrected chi connectivity index (χ0v) is 37.9. The van der Waals surface area contributed by atoms with E-state index < -0.39 is 68.8 Å². The molecule has 1 saturated heterocycles. The zero-order valence-electron chi connectivity index (χ0n) is 31.6. The number of carbonyl (C=O) groups is 6. The van der Waals surface area contributed by atoms with Gasteiger partial charge in [0.15, 0.2) is 0 Å². The molecule has 0 aliphatic carbocycles. The summed E-state index contributed by atoms with van der Waals surface area (Å²) >= 11 is -17.7. The quantitative estimate of drug-likeness (QED) is 0.125. The molecule has 0 amide bonds. The summed E-state index contributed by atoms with van der Waals surface area (Å²) in [6.45, 7) is 0. The second-order valence-electron chi connectivity index (χ2n) is 13.9. The Bertz CT molecular complexity index is 2020. The van der Waals surface area contributed by atoms with Gasteiger partial charge in [0.05, 0.1) is 0 Å². The molecule has 1 fully saturated rings. The number of carbonyl (C=O) groups excluding carboxylic acids is 6. The van der Waals surface area contributed by atoms with E-state index >= 15 is 28.8 Å². The molecule has 1 heterocycles. The molecule has 7 rings (SSSR count). The van der Waals surface area contributed by atoms with Crippen molar-refractivity contribution >= 4 is 68.8 Å². The number of nitrogens with zero attached hydrogens (tertiary/aromatic N) is 3. The Kier molecular flexibility index (Phi) is 11.5. The van der Waals surface area contributed by atoms with Crippen LogP contribution in [0.4, 0.5) is 0 Å². The van der Waals surface area contributed by atoms with Gasteiger partial charge < -0.3 is 0 Å². The fraction of sp³-hybridized carbons (Fsp3) is 0.0667. The Balaban J connectivity index is 1.73. The third-order valence-corrected chi connectivity index (χ3v) is 56.0. The number of hydrogen-bond acceptors (Lipinski definition) is 9. The standard InChI is InChI=1S/C45H39Ge3N3O6/c1-49-46(40(52)34-22-10-4-11-23-34,41(53)35-24-12-5-13-25-35)50(2)48(44(56)38-30-18-8-19-31-38,45(57)39-32-20-9-21-33-39)51(3)47(49,42(54)36-26-14-6-15-27-36)43(55)37-28-16-7-17-29-37/h4-33H,1-3H3. The molecule has 0 spiro atoms. The van der Waals surface area contributed by atoms with Crippen LogP contribution in [0.15, 0.2) is 182 Å². The first-order valence-corrected chi connectivity index (χ1v) is 30.3. The van der Waals surface area contributed by atoms with Crippen LogP contribution in [-0.2, 0) is 0 Å². The van der Waals surface area contributed by atoms with Gasteiger partial charge in [-0.3, -0.25) is 0 Å². The monoisotopic (exact) mass is 939 g/mol. The molecule has 0 N–H and O–H groups in total. The first kappa shape index (κ1) is 40.1. The van der Waals surface area contributed by atoms with Crippen molar-refractivity contribution in [3.05, 3.63) is 215 Å². The van der Waals surface area contributed by atoms with E-state index in [0.717, 1.165) is 0 Å². The van der Waals surface area contributed by atoms with Crippen LogP contribution in [0.25, 0.3) is 0 Å². The molecule has 0 aromatic heterocycles. The Morgan fingerprint density at radius 1 is 0.263 bits per heavy atom. The fourth-order valence-electron chi connectivity index (χ4n) is 8.26. The first-order valence-electron chi connectivity index (χ1n) is 18.4. The van der Waals surface area contributed by atoms with Crippen LogP contribution >= 0.6 is 0 Å². The van der Waals surface area contributed by atoms with Crippen LogP contribution in [0.1, 0.15) is 62.1 Å². The third kappa shape index (κ3) is 6.29. The predicted molar refractivity (Wildman–Crippen MR) is 225 cm³/mol. The molecule has 9 nitrogen and oxygen atoms in total. The van der Waals surface area contributed by atoms with Gasteiger partial charge in [-0.15, -0.1) is 0 Å². The van der Waals surface area contributed by atoms with Gasteiger partial charge in [0.25, 0.3) is 0 Å². The second-order valence-corrected chi connectivity index (χ2v) is 42.4. The fourth-order valence-corrected chi connectivity index (χ4v) is 75.4. The summed E-state index contributed by atoms with van der Waals surface area (Å²) in [7, 11) is 4.67. The van der Waals surface area contributed by atoms with Crippen LogP contribution in [0, 0.1) is 0 Å². The molecule has 0 saturated carbocycles. The molecule has 12 heteroatoms. The summed E-state index contributed by atoms with van der Waals surface area (Å²) in [6, 6.07) is 49.9. The Morgan fingerprint density at radius 3 is 0.509 bits per heavy atom. The van der Waals surface area contributed by atoms with Crippen molar-refractivity contribution in [2.24, 2.45) is 0 Å². The van der Waals surface area contributed by atoms with E-state index in [1.807, 2.05) is 0 Å². The molecule has 1 aliphatic rings. The van der Waals surface area contributed by atoms with Crippen molar-refractivity contribution < 1.29 is 28.8 Å². The van der Waals surface area contributed by atoms with Crippen LogP contribution in [0.5, 0.6) is 0 Å². The van der Waals surface area contributed by atoms with Crippen molar-refractivity contribution in [3.8, 4) is 0 Å². The Labute approximate surface area is 340 Å². The molecule has 0 radical (unpaired) electrons. The number of benzene rings is 6. The number of rotatable bonds is 12. The van der Waals surface area contributed by atoms with Crippen LogP contribution < -0.4 is 0 Å². The van der Waals surface area contributed by atoms with E-state index in [-0.39, 0.29) is 33.4 Å². The van der Waals surface area contributed by atoms with E-state index in [9.17, 15) is 0 Å². The van der Waals surface area contributed by atoms with Crippen LogP contribution in [-0.4, -0.2) is 98.4 Å². The summed E-state index contributed by atoms with van der Waals surface area (Å²) < 4.78 is 1.26. The van der Waals surface area contributed by atoms with Gasteiger partial charge in [0.2, 0.25) is 0 Å². The summed E-state index contributed by atoms with van der Waals surface area (Å²) in [5.74, 6) is 0. The normalized spacial score (nSPS) is 16.3. The Morgan fingerprint density at radius 2 is 0.386 bits per heavy atom. The second kappa shape index (κ2) is 16.4. The summed E-state index contributed by atoms with van der Waals surface area (Å²) in [5.41, 5.74) is 1.06. The van der Waals surface area contributed by atoms with Gasteiger partial charge >= 0.3 is 343 Å². The molecular formula is C45H39Ge3N3O6. The Hall–Kier alpha value is -5.15. The molecule has 0 atom stereocenters. The van der Waals surface area contributed by atoms with E-state index in [1.54, 1.807) is 212 Å². The summed E-state index contributed by atoms with van der Waals surface area (Å²) in [5, 5.41) is 0. The molecule has 6 aromatic rings. The van der Waals surface area contributed by atoms with E-state index in [0.29, 0.717) is 0 Å². The van der Waals surface area contributed by atoms with Crippen LogP contribution in [0.2, 0.25) is 0 Å². The van der Waals surface area contributed by atoms with Gasteiger partial charge in [-0.2, -0.15) is 0 Å². The SMILES string of the molecule is C[N]1[Ge]([C](=O)c2ccccc2)([C](=O)c2ccccc2)[N](C)[Ge]([C](=O)c2ccccc2)([C](=O)c2ccccc2)[N](C)[Ge]1([C](=O)c1ccccc1)[C](=O)c1ccccc1. The average Bonchev–Trinajstić information content (AvgIpc) is 3.28. The number of hydrogen-bond donors (Lipinski definition) is 0. The summed E-state index contributed by atoms with van der Waals surface area (Å²) in [4.78, 5) is 96.3. The zero-order chi connectivity index (χ0) is 40.4. The van der Waals surface area contributed by atoms with E-state index in [4.69, 9.17) is 0 Å². The summed E-state index contributed by atoms with van der Waals surface area (Å²) in [6.07, 6.45) is 0. The minimum atomic E-state index is -5.91. The average molecular weight is 936 g/mol. The van der Waals surface area contributed by atoms with Crippen molar-refractivity contribution in [1.82, 2.24) is 8.44 Å². The van der Waals surface area contributed by atoms with E-state index in [1.165, 1.54) is 0 Å². The van der Waals surface area contributed by atoms with Crippen molar-refractivity contribution in [3.63, 3.8) is 0 Å². The van der Waals surface area contributed by atoms with E-state index in [2.05, 4.69) is 0 Å². The maximum absolute atomic E-state index is 16.1. The third-order valence-electron chi connectivity index (χ3n) is 11.0. The molecular weight excluding hydrogens is 896 g/mol. The van der Waals surface area contributed by atoms with Gasteiger partial charge in [0.1, 0.15) is 0 Å². The van der Waals surface area contributed by atoms with Crippen molar-refractivity contribution in [2.75, 3.05) is 21.1 Å². The molecule has 57 heavy (non-hydrogen) atoms. The maximum atomic E-state index is 16.1. The van der Waals surface area contributed by atoms with Crippen LogP contribution in [0.3, 0.4) is 0 Å².